The minimum absolute atomic E-state index is 0.0119. The number of hydrogen-bond acceptors (Lipinski definition) is 8. The van der Waals surface area contributed by atoms with Crippen molar-refractivity contribution >= 4 is 51.0 Å². The Bertz CT molecular complexity index is 1500. The van der Waals surface area contributed by atoms with Gasteiger partial charge in [0.15, 0.2) is 10.8 Å². The Kier molecular flexibility index (Phi) is 6.92. The molecule has 0 fully saturated rings. The molecule has 3 heterocycles. The first-order chi connectivity index (χ1) is 17.4. The maximum Gasteiger partial charge on any atom is 0.341 e. The molecule has 0 bridgehead atoms. The van der Waals surface area contributed by atoms with E-state index in [9.17, 15) is 14.4 Å². The van der Waals surface area contributed by atoms with Crippen LogP contribution in [0.4, 0.5) is 5.00 Å². The molecule has 5 rings (SSSR count). The number of benzene rings is 1. The summed E-state index contributed by atoms with van der Waals surface area (Å²) in [5.74, 6) is -0.683. The summed E-state index contributed by atoms with van der Waals surface area (Å²) >= 11 is 2.56. The van der Waals surface area contributed by atoms with Gasteiger partial charge in [0.25, 0.3) is 5.56 Å². The number of aryl methyl sites for hydroxylation is 2. The quantitative estimate of drug-likeness (QED) is 0.211. The number of fused-ring (bicyclic) bond motifs is 2. The molecule has 0 aliphatic heterocycles. The predicted octanol–water partition coefficient (Wildman–Crippen LogP) is 4.27. The Morgan fingerprint density at radius 2 is 2.00 bits per heavy atom. The van der Waals surface area contributed by atoms with Crippen LogP contribution in [0.5, 0.6) is 0 Å². The molecule has 1 aliphatic carbocycles. The lowest BCUT2D eigenvalue weighted by molar-refractivity contribution is -0.113. The molecule has 9 nitrogen and oxygen atoms in total. The van der Waals surface area contributed by atoms with Gasteiger partial charge in [0, 0.05) is 4.88 Å². The van der Waals surface area contributed by atoms with Crippen molar-refractivity contribution in [3.8, 4) is 5.69 Å². The van der Waals surface area contributed by atoms with Crippen molar-refractivity contribution in [2.75, 3.05) is 17.7 Å². The lowest BCUT2D eigenvalue weighted by Gasteiger charge is -2.12. The lowest BCUT2D eigenvalue weighted by atomic mass is 9.95. The number of anilines is 1. The summed E-state index contributed by atoms with van der Waals surface area (Å²) in [6.45, 7) is 4.03. The van der Waals surface area contributed by atoms with Crippen molar-refractivity contribution in [3.05, 3.63) is 62.4 Å². The molecule has 1 aliphatic rings. The van der Waals surface area contributed by atoms with Gasteiger partial charge in [-0.2, -0.15) is 5.10 Å². The Balaban J connectivity index is 1.35. The van der Waals surface area contributed by atoms with Crippen LogP contribution in [0.3, 0.4) is 0 Å². The van der Waals surface area contributed by atoms with Gasteiger partial charge in [-0.1, -0.05) is 29.5 Å². The van der Waals surface area contributed by atoms with Crippen LogP contribution in [0, 0.1) is 6.92 Å². The van der Waals surface area contributed by atoms with Crippen LogP contribution in [0.25, 0.3) is 16.7 Å². The number of thiophene rings is 1. The van der Waals surface area contributed by atoms with Crippen molar-refractivity contribution in [1.82, 2.24) is 19.7 Å². The highest BCUT2D eigenvalue weighted by Gasteiger charge is 2.27. The zero-order chi connectivity index (χ0) is 25.2. The minimum Gasteiger partial charge on any atom is -0.462 e. The molecule has 3 aromatic heterocycles. The first-order valence-electron chi connectivity index (χ1n) is 11.7. The molecule has 1 amide bonds. The van der Waals surface area contributed by atoms with E-state index in [0.29, 0.717) is 26.8 Å². The summed E-state index contributed by atoms with van der Waals surface area (Å²) in [5, 5.41) is 8.42. The molecule has 186 valence electrons. The summed E-state index contributed by atoms with van der Waals surface area (Å²) in [6.07, 6.45) is 5.28. The number of hydrogen-bond donors (Lipinski definition) is 2. The number of carbonyl (C=O) groups excluding carboxylic acids is 2. The first-order valence-corrected chi connectivity index (χ1v) is 13.5. The second-order valence-electron chi connectivity index (χ2n) is 8.47. The molecule has 1 aromatic carbocycles. The fourth-order valence-electron chi connectivity index (χ4n) is 4.21. The number of nitrogens with one attached hydrogen (secondary N) is 2. The first kappa shape index (κ1) is 24.3. The lowest BCUT2D eigenvalue weighted by Crippen LogP contribution is -2.18. The second kappa shape index (κ2) is 10.3. The molecule has 4 aromatic rings. The van der Waals surface area contributed by atoms with E-state index < -0.39 is 5.97 Å². The SMILES string of the molecule is CCOC(=O)c1c(NC(=O)CSc2nc3c(cnn3-c3ccc(C)cc3)c(=O)[nH]2)sc2c1CCCC2. The summed E-state index contributed by atoms with van der Waals surface area (Å²) in [4.78, 5) is 46.5. The van der Waals surface area contributed by atoms with Crippen molar-refractivity contribution in [1.29, 1.82) is 0 Å². The largest absolute Gasteiger partial charge is 0.462 e. The van der Waals surface area contributed by atoms with Gasteiger partial charge in [0.1, 0.15) is 10.4 Å². The minimum atomic E-state index is -0.402. The van der Waals surface area contributed by atoms with E-state index in [1.54, 1.807) is 11.6 Å². The van der Waals surface area contributed by atoms with Crippen LogP contribution in [0.1, 0.15) is 46.1 Å². The van der Waals surface area contributed by atoms with Gasteiger partial charge in [-0.05, 0) is 57.2 Å². The zero-order valence-corrected chi connectivity index (χ0v) is 21.6. The van der Waals surface area contributed by atoms with E-state index in [1.165, 1.54) is 17.5 Å². The number of carbonyl (C=O) groups is 2. The number of aromatic nitrogens is 4. The summed E-state index contributed by atoms with van der Waals surface area (Å²) in [6, 6.07) is 7.74. The zero-order valence-electron chi connectivity index (χ0n) is 19.9. The van der Waals surface area contributed by atoms with Gasteiger partial charge in [0.05, 0.1) is 29.8 Å². The molecule has 0 spiro atoms. The van der Waals surface area contributed by atoms with Gasteiger partial charge in [-0.3, -0.25) is 9.59 Å². The molecule has 0 unspecified atom stereocenters. The van der Waals surface area contributed by atoms with E-state index in [2.05, 4.69) is 20.4 Å². The Morgan fingerprint density at radius 3 is 2.78 bits per heavy atom. The van der Waals surface area contributed by atoms with Crippen LogP contribution in [-0.2, 0) is 22.4 Å². The Morgan fingerprint density at radius 1 is 1.22 bits per heavy atom. The molecular weight excluding hydrogens is 498 g/mol. The number of nitrogens with zero attached hydrogens (tertiary/aromatic N) is 3. The van der Waals surface area contributed by atoms with Gasteiger partial charge in [0.2, 0.25) is 5.91 Å². The molecule has 0 saturated carbocycles. The van der Waals surface area contributed by atoms with Crippen LogP contribution < -0.4 is 10.9 Å². The standard InChI is InChI=1S/C25H25N5O4S2/c1-3-34-24(33)20-16-6-4-5-7-18(16)36-23(20)27-19(31)13-35-25-28-21-17(22(32)29-25)12-26-30(21)15-10-8-14(2)9-11-15/h8-12H,3-7,13H2,1-2H3,(H,27,31)(H,28,29,32). The Labute approximate surface area is 215 Å². The topological polar surface area (TPSA) is 119 Å². The van der Waals surface area contributed by atoms with E-state index in [-0.39, 0.29) is 23.8 Å². The van der Waals surface area contributed by atoms with Crippen LogP contribution in [0.15, 0.2) is 40.4 Å². The second-order valence-corrected chi connectivity index (χ2v) is 10.5. The van der Waals surface area contributed by atoms with Gasteiger partial charge in [-0.15, -0.1) is 11.3 Å². The third-order valence-corrected chi connectivity index (χ3v) is 8.02. The van der Waals surface area contributed by atoms with Crippen molar-refractivity contribution < 1.29 is 14.3 Å². The van der Waals surface area contributed by atoms with E-state index in [4.69, 9.17) is 4.74 Å². The number of H-pyrrole nitrogens is 1. The van der Waals surface area contributed by atoms with Gasteiger partial charge in [-0.25, -0.2) is 14.5 Å². The third kappa shape index (κ3) is 4.80. The molecule has 0 atom stereocenters. The fraction of sp³-hybridized carbons (Fsp3) is 0.320. The number of thioether (sulfide) groups is 1. The third-order valence-electron chi connectivity index (χ3n) is 5.94. The monoisotopic (exact) mass is 523 g/mol. The average molecular weight is 524 g/mol. The van der Waals surface area contributed by atoms with Crippen LogP contribution in [0.2, 0.25) is 0 Å². The van der Waals surface area contributed by atoms with Crippen LogP contribution >= 0.6 is 23.1 Å². The number of amides is 1. The maximum atomic E-state index is 12.8. The number of rotatable bonds is 7. The van der Waals surface area contributed by atoms with Gasteiger partial charge < -0.3 is 15.0 Å². The van der Waals surface area contributed by atoms with E-state index >= 15 is 0 Å². The van der Waals surface area contributed by atoms with E-state index in [1.807, 2.05) is 31.2 Å². The average Bonchev–Trinajstić information content (AvgIpc) is 3.45. The Hall–Kier alpha value is -3.44. The normalized spacial score (nSPS) is 12.9. The molecule has 36 heavy (non-hydrogen) atoms. The summed E-state index contributed by atoms with van der Waals surface area (Å²) in [5.41, 5.74) is 3.47. The van der Waals surface area contributed by atoms with Gasteiger partial charge >= 0.3 is 5.97 Å². The molecule has 2 N–H and O–H groups in total. The highest BCUT2D eigenvalue weighted by atomic mass is 32.2. The summed E-state index contributed by atoms with van der Waals surface area (Å²) in [7, 11) is 0. The molecule has 11 heteroatoms. The van der Waals surface area contributed by atoms with Crippen molar-refractivity contribution in [2.45, 2.75) is 44.7 Å². The molecule has 0 radical (unpaired) electrons. The number of aromatic amines is 1. The predicted molar refractivity (Wildman–Crippen MR) is 140 cm³/mol. The number of esters is 1. The van der Waals surface area contributed by atoms with Crippen molar-refractivity contribution in [3.63, 3.8) is 0 Å². The number of ether oxygens (including phenoxy) is 1. The van der Waals surface area contributed by atoms with Crippen molar-refractivity contribution in [2.24, 2.45) is 0 Å². The maximum absolute atomic E-state index is 12.8. The fourth-order valence-corrected chi connectivity index (χ4v) is 6.16. The smallest absolute Gasteiger partial charge is 0.341 e. The molecular formula is C25H25N5O4S2. The van der Waals surface area contributed by atoms with Crippen LogP contribution in [-0.4, -0.2) is 44.0 Å². The van der Waals surface area contributed by atoms with E-state index in [0.717, 1.165) is 59.1 Å². The molecule has 0 saturated heterocycles. The highest BCUT2D eigenvalue weighted by Crippen LogP contribution is 2.38. The summed E-state index contributed by atoms with van der Waals surface area (Å²) < 4.78 is 6.86. The highest BCUT2D eigenvalue weighted by molar-refractivity contribution is 7.99.